The monoisotopic (exact) mass is 406 g/mol. The first kappa shape index (κ1) is 18.8. The van der Waals surface area contributed by atoms with Crippen LogP contribution in [0.3, 0.4) is 0 Å². The lowest BCUT2D eigenvalue weighted by molar-refractivity contribution is 0.0980. The first-order valence-corrected chi connectivity index (χ1v) is 10.4. The summed E-state index contributed by atoms with van der Waals surface area (Å²) in [5.74, 6) is -0.715. The highest BCUT2D eigenvalue weighted by Gasteiger charge is 2.25. The molecular weight excluding hydrogens is 388 g/mol. The van der Waals surface area contributed by atoms with E-state index in [1.807, 2.05) is 30.3 Å². The molecular formula is C21H18N4O3S. The van der Waals surface area contributed by atoms with E-state index < -0.39 is 15.9 Å². The van der Waals surface area contributed by atoms with Crippen LogP contribution in [-0.4, -0.2) is 29.1 Å². The van der Waals surface area contributed by atoms with Gasteiger partial charge in [0.2, 0.25) is 0 Å². The van der Waals surface area contributed by atoms with Crippen molar-refractivity contribution >= 4 is 26.7 Å². The number of sulfonamides is 1. The van der Waals surface area contributed by atoms with Crippen LogP contribution in [0.4, 0.5) is 0 Å². The van der Waals surface area contributed by atoms with E-state index in [0.717, 1.165) is 5.69 Å². The van der Waals surface area contributed by atoms with Crippen molar-refractivity contribution in [2.45, 2.75) is 18.7 Å². The quantitative estimate of drug-likeness (QED) is 0.562. The minimum absolute atomic E-state index is 0.0245. The number of benzene rings is 2. The molecule has 1 N–H and O–H groups in total. The third-order valence-corrected chi connectivity index (χ3v) is 6.07. The van der Waals surface area contributed by atoms with Gasteiger partial charge < -0.3 is 0 Å². The molecule has 0 saturated heterocycles. The van der Waals surface area contributed by atoms with E-state index in [2.05, 4.69) is 14.8 Å². The second-order valence-electron chi connectivity index (χ2n) is 6.58. The van der Waals surface area contributed by atoms with Crippen molar-refractivity contribution in [1.82, 2.24) is 19.5 Å². The largest absolute Gasteiger partial charge is 0.268 e. The van der Waals surface area contributed by atoms with E-state index in [4.69, 9.17) is 0 Å². The average Bonchev–Trinajstić information content (AvgIpc) is 3.02. The van der Waals surface area contributed by atoms with E-state index >= 15 is 0 Å². The number of hydrogen-bond acceptors (Lipinski definition) is 5. The molecule has 2 aromatic heterocycles. The van der Waals surface area contributed by atoms with Gasteiger partial charge in [0, 0.05) is 23.2 Å². The molecule has 0 aliphatic rings. The molecule has 2 heterocycles. The Morgan fingerprint density at radius 2 is 1.76 bits per heavy atom. The number of carbonyl (C=O) groups is 1. The molecule has 0 radical (unpaired) electrons. The third-order valence-electron chi connectivity index (χ3n) is 4.68. The maximum absolute atomic E-state index is 12.9. The van der Waals surface area contributed by atoms with Crippen LogP contribution in [0.5, 0.6) is 0 Å². The van der Waals surface area contributed by atoms with Gasteiger partial charge in [0.05, 0.1) is 27.5 Å². The fraction of sp³-hybridized carbons (Fsp3) is 0.0952. The minimum Gasteiger partial charge on any atom is -0.268 e. The van der Waals surface area contributed by atoms with E-state index in [9.17, 15) is 13.2 Å². The van der Waals surface area contributed by atoms with Gasteiger partial charge in [-0.05, 0) is 38.1 Å². The Kier molecular flexibility index (Phi) is 4.63. The van der Waals surface area contributed by atoms with Crippen molar-refractivity contribution in [3.8, 4) is 5.69 Å². The van der Waals surface area contributed by atoms with Gasteiger partial charge in [0.15, 0.2) is 0 Å². The molecule has 0 bridgehead atoms. The first-order valence-electron chi connectivity index (χ1n) is 8.90. The highest BCUT2D eigenvalue weighted by molar-refractivity contribution is 7.90. The van der Waals surface area contributed by atoms with Crippen molar-refractivity contribution in [3.63, 3.8) is 0 Å². The molecule has 146 valence electrons. The molecule has 0 unspecified atom stereocenters. The van der Waals surface area contributed by atoms with Crippen molar-refractivity contribution < 1.29 is 13.2 Å². The Morgan fingerprint density at radius 3 is 2.52 bits per heavy atom. The summed E-state index contributed by atoms with van der Waals surface area (Å²) >= 11 is 0. The van der Waals surface area contributed by atoms with E-state index in [1.165, 1.54) is 12.3 Å². The maximum Gasteiger partial charge on any atom is 0.268 e. The number of aryl methyl sites for hydroxylation is 1. The number of pyridine rings is 1. The number of para-hydroxylation sites is 1. The number of fused-ring (bicyclic) bond motifs is 1. The predicted octanol–water partition coefficient (Wildman–Crippen LogP) is 3.16. The maximum atomic E-state index is 12.9. The Morgan fingerprint density at radius 1 is 1.00 bits per heavy atom. The molecule has 0 saturated carbocycles. The van der Waals surface area contributed by atoms with Gasteiger partial charge in [-0.2, -0.15) is 5.10 Å². The lowest BCUT2D eigenvalue weighted by Crippen LogP contribution is -2.31. The van der Waals surface area contributed by atoms with Crippen LogP contribution in [0.15, 0.2) is 71.9 Å². The van der Waals surface area contributed by atoms with Crippen LogP contribution in [0.2, 0.25) is 0 Å². The van der Waals surface area contributed by atoms with Crippen LogP contribution in [0.25, 0.3) is 16.5 Å². The van der Waals surface area contributed by atoms with E-state index in [-0.39, 0.29) is 10.5 Å². The van der Waals surface area contributed by atoms with Crippen LogP contribution >= 0.6 is 0 Å². The zero-order chi connectivity index (χ0) is 20.6. The number of amides is 1. The van der Waals surface area contributed by atoms with Gasteiger partial charge in [0.25, 0.3) is 15.9 Å². The minimum atomic E-state index is -4.09. The summed E-state index contributed by atoms with van der Waals surface area (Å²) in [6.45, 7) is 3.41. The molecule has 29 heavy (non-hydrogen) atoms. The van der Waals surface area contributed by atoms with Gasteiger partial charge in [-0.1, -0.05) is 30.3 Å². The Bertz CT molecular complexity index is 1320. The van der Waals surface area contributed by atoms with Crippen LogP contribution in [-0.2, 0) is 10.0 Å². The second-order valence-corrected chi connectivity index (χ2v) is 8.23. The summed E-state index contributed by atoms with van der Waals surface area (Å²) in [6.07, 6.45) is 3.09. The molecule has 1 amide bonds. The first-order chi connectivity index (χ1) is 13.9. The van der Waals surface area contributed by atoms with Crippen LogP contribution in [0, 0.1) is 13.8 Å². The van der Waals surface area contributed by atoms with Gasteiger partial charge in [-0.25, -0.2) is 17.8 Å². The summed E-state index contributed by atoms with van der Waals surface area (Å²) in [6, 6.07) is 15.8. The van der Waals surface area contributed by atoms with E-state index in [0.29, 0.717) is 22.2 Å². The fourth-order valence-corrected chi connectivity index (χ4v) is 4.54. The number of carbonyl (C=O) groups excluding carboxylic acids is 1. The molecule has 8 heteroatoms. The molecule has 0 spiro atoms. The topological polar surface area (TPSA) is 94.0 Å². The number of hydrogen-bond donors (Lipinski definition) is 1. The third kappa shape index (κ3) is 3.38. The van der Waals surface area contributed by atoms with Crippen LogP contribution < -0.4 is 4.72 Å². The number of rotatable bonds is 4. The Labute approximate surface area is 168 Å². The van der Waals surface area contributed by atoms with Gasteiger partial charge in [0.1, 0.15) is 0 Å². The molecule has 0 fully saturated rings. The van der Waals surface area contributed by atoms with Crippen molar-refractivity contribution in [2.75, 3.05) is 0 Å². The zero-order valence-corrected chi connectivity index (χ0v) is 16.6. The fourth-order valence-electron chi connectivity index (χ4n) is 3.35. The predicted molar refractivity (Wildman–Crippen MR) is 109 cm³/mol. The Hall–Kier alpha value is -3.52. The van der Waals surface area contributed by atoms with E-state index in [1.54, 1.807) is 42.9 Å². The normalized spacial score (nSPS) is 11.5. The SMILES string of the molecule is Cc1nn(-c2ccccc2)c(C)c1C(=O)NS(=O)(=O)c1cccc2cnccc12. The molecule has 0 atom stereocenters. The summed E-state index contributed by atoms with van der Waals surface area (Å²) in [5.41, 5.74) is 2.03. The van der Waals surface area contributed by atoms with Crippen molar-refractivity contribution in [2.24, 2.45) is 0 Å². The molecule has 4 rings (SSSR count). The lowest BCUT2D eigenvalue weighted by Gasteiger charge is -2.10. The van der Waals surface area contributed by atoms with Crippen LogP contribution in [0.1, 0.15) is 21.7 Å². The van der Waals surface area contributed by atoms with Gasteiger partial charge >= 0.3 is 0 Å². The molecule has 0 aliphatic heterocycles. The molecule has 7 nitrogen and oxygen atoms in total. The van der Waals surface area contributed by atoms with Crippen molar-refractivity contribution in [1.29, 1.82) is 0 Å². The van der Waals surface area contributed by atoms with Gasteiger partial charge in [-0.3, -0.25) is 9.78 Å². The smallest absolute Gasteiger partial charge is 0.268 e. The number of aromatic nitrogens is 3. The number of nitrogens with one attached hydrogen (secondary N) is 1. The molecule has 2 aromatic carbocycles. The number of nitrogens with zero attached hydrogens (tertiary/aromatic N) is 3. The lowest BCUT2D eigenvalue weighted by atomic mass is 10.2. The van der Waals surface area contributed by atoms with Gasteiger partial charge in [-0.15, -0.1) is 0 Å². The summed E-state index contributed by atoms with van der Waals surface area (Å²) in [4.78, 5) is 16.9. The highest BCUT2D eigenvalue weighted by Crippen LogP contribution is 2.23. The summed E-state index contributed by atoms with van der Waals surface area (Å²) in [5, 5.41) is 5.58. The molecule has 0 aliphatic carbocycles. The standard InChI is InChI=1S/C21H18N4O3S/c1-14-20(15(2)25(23-14)17-8-4-3-5-9-17)21(26)24-29(27,28)19-10-6-7-16-13-22-12-11-18(16)19/h3-13H,1-2H3,(H,24,26). The molecule has 4 aromatic rings. The van der Waals surface area contributed by atoms with Crippen molar-refractivity contribution in [3.05, 3.63) is 83.9 Å². The Balaban J connectivity index is 1.72. The summed E-state index contributed by atoms with van der Waals surface area (Å²) in [7, 11) is -4.09. The average molecular weight is 406 g/mol. The zero-order valence-electron chi connectivity index (χ0n) is 15.8. The summed E-state index contributed by atoms with van der Waals surface area (Å²) < 4.78 is 29.7. The highest BCUT2D eigenvalue weighted by atomic mass is 32.2. The second kappa shape index (κ2) is 7.14.